The van der Waals surface area contributed by atoms with Crippen molar-refractivity contribution < 1.29 is 4.42 Å². The lowest BCUT2D eigenvalue weighted by Gasteiger charge is -2.15. The molecular formula is C14H22N2O. The van der Waals surface area contributed by atoms with Gasteiger partial charge in [-0.1, -0.05) is 19.8 Å². The Kier molecular flexibility index (Phi) is 5.82. The molecule has 0 atom stereocenters. The highest BCUT2D eigenvalue weighted by Crippen LogP contribution is 2.16. The van der Waals surface area contributed by atoms with Crippen LogP contribution in [-0.4, -0.2) is 24.5 Å². The summed E-state index contributed by atoms with van der Waals surface area (Å²) in [5.74, 6) is 4.66. The molecule has 0 aliphatic heterocycles. The van der Waals surface area contributed by atoms with E-state index in [0.717, 1.165) is 37.7 Å². The SMILES string of the molecule is C#CCN(CC)Cc1cc(CNCC)c(C)o1. The van der Waals surface area contributed by atoms with Crippen molar-refractivity contribution in [2.45, 2.75) is 33.9 Å². The Morgan fingerprint density at radius 2 is 2.24 bits per heavy atom. The van der Waals surface area contributed by atoms with E-state index in [0.29, 0.717) is 6.54 Å². The summed E-state index contributed by atoms with van der Waals surface area (Å²) in [5.41, 5.74) is 1.23. The van der Waals surface area contributed by atoms with Crippen molar-refractivity contribution in [3.8, 4) is 12.3 Å². The summed E-state index contributed by atoms with van der Waals surface area (Å²) in [5, 5.41) is 3.31. The predicted octanol–water partition coefficient (Wildman–Crippen LogP) is 2.15. The second-order valence-electron chi connectivity index (χ2n) is 4.08. The fourth-order valence-corrected chi connectivity index (χ4v) is 1.73. The lowest BCUT2D eigenvalue weighted by Crippen LogP contribution is -2.22. The number of nitrogens with zero attached hydrogens (tertiary/aromatic N) is 1. The van der Waals surface area contributed by atoms with E-state index in [2.05, 4.69) is 36.1 Å². The molecule has 0 bridgehead atoms. The summed E-state index contributed by atoms with van der Waals surface area (Å²) in [7, 11) is 0. The maximum Gasteiger partial charge on any atom is 0.118 e. The highest BCUT2D eigenvalue weighted by molar-refractivity contribution is 5.20. The molecular weight excluding hydrogens is 212 g/mol. The number of aryl methyl sites for hydroxylation is 1. The van der Waals surface area contributed by atoms with Crippen molar-refractivity contribution in [1.82, 2.24) is 10.2 Å². The molecule has 0 radical (unpaired) electrons. The number of hydrogen-bond donors (Lipinski definition) is 1. The van der Waals surface area contributed by atoms with Gasteiger partial charge in [0.1, 0.15) is 11.5 Å². The lowest BCUT2D eigenvalue weighted by atomic mass is 10.2. The second-order valence-corrected chi connectivity index (χ2v) is 4.08. The zero-order valence-electron chi connectivity index (χ0n) is 11.0. The van der Waals surface area contributed by atoms with Crippen LogP contribution in [0.3, 0.4) is 0 Å². The summed E-state index contributed by atoms with van der Waals surface area (Å²) in [6.45, 7) is 10.4. The molecule has 0 spiro atoms. The number of rotatable bonds is 7. The molecule has 0 aliphatic carbocycles. The molecule has 0 saturated carbocycles. The zero-order valence-corrected chi connectivity index (χ0v) is 11.0. The monoisotopic (exact) mass is 234 g/mol. The van der Waals surface area contributed by atoms with Crippen LogP contribution in [0.15, 0.2) is 10.5 Å². The fraction of sp³-hybridized carbons (Fsp3) is 0.571. The molecule has 0 aliphatic rings. The fourth-order valence-electron chi connectivity index (χ4n) is 1.73. The summed E-state index contributed by atoms with van der Waals surface area (Å²) >= 11 is 0. The van der Waals surface area contributed by atoms with Gasteiger partial charge in [0.2, 0.25) is 0 Å². The van der Waals surface area contributed by atoms with E-state index in [1.807, 2.05) is 6.92 Å². The van der Waals surface area contributed by atoms with E-state index < -0.39 is 0 Å². The topological polar surface area (TPSA) is 28.4 Å². The first kappa shape index (κ1) is 13.8. The number of furan rings is 1. The third kappa shape index (κ3) is 4.26. The molecule has 1 N–H and O–H groups in total. The maximum atomic E-state index is 5.74. The van der Waals surface area contributed by atoms with E-state index in [4.69, 9.17) is 10.8 Å². The minimum atomic E-state index is 0.665. The van der Waals surface area contributed by atoms with Gasteiger partial charge in [-0.05, 0) is 26.1 Å². The third-order valence-electron chi connectivity index (χ3n) is 2.78. The largest absolute Gasteiger partial charge is 0.465 e. The number of hydrogen-bond acceptors (Lipinski definition) is 3. The molecule has 0 saturated heterocycles. The van der Waals surface area contributed by atoms with Gasteiger partial charge >= 0.3 is 0 Å². The van der Waals surface area contributed by atoms with Gasteiger partial charge in [0.05, 0.1) is 13.1 Å². The van der Waals surface area contributed by atoms with Crippen LogP contribution in [0.1, 0.15) is 30.9 Å². The lowest BCUT2D eigenvalue weighted by molar-refractivity contribution is 0.283. The molecule has 0 amide bonds. The Labute approximate surface area is 104 Å². The number of terminal acetylenes is 1. The van der Waals surface area contributed by atoms with Crippen LogP contribution in [0, 0.1) is 19.3 Å². The molecule has 0 aromatic carbocycles. The van der Waals surface area contributed by atoms with E-state index in [9.17, 15) is 0 Å². The minimum absolute atomic E-state index is 0.665. The Balaban J connectivity index is 2.62. The van der Waals surface area contributed by atoms with Crippen molar-refractivity contribution in [3.05, 3.63) is 23.2 Å². The molecule has 0 fully saturated rings. The highest BCUT2D eigenvalue weighted by Gasteiger charge is 2.09. The van der Waals surface area contributed by atoms with Gasteiger partial charge in [0.25, 0.3) is 0 Å². The standard InChI is InChI=1S/C14H22N2O/c1-5-8-16(7-3)11-14-9-13(10-15-6-2)12(4)17-14/h1,9,15H,6-8,10-11H2,2-4H3. The third-order valence-corrected chi connectivity index (χ3v) is 2.78. The van der Waals surface area contributed by atoms with Crippen LogP contribution in [-0.2, 0) is 13.1 Å². The molecule has 17 heavy (non-hydrogen) atoms. The Morgan fingerprint density at radius 1 is 1.47 bits per heavy atom. The van der Waals surface area contributed by atoms with E-state index in [-0.39, 0.29) is 0 Å². The zero-order chi connectivity index (χ0) is 12.7. The average molecular weight is 234 g/mol. The molecule has 0 unspecified atom stereocenters. The molecule has 3 nitrogen and oxygen atoms in total. The van der Waals surface area contributed by atoms with E-state index >= 15 is 0 Å². The van der Waals surface area contributed by atoms with Crippen LogP contribution >= 0.6 is 0 Å². The highest BCUT2D eigenvalue weighted by atomic mass is 16.3. The second kappa shape index (κ2) is 7.16. The molecule has 1 aromatic heterocycles. The quantitative estimate of drug-likeness (QED) is 0.733. The summed E-state index contributed by atoms with van der Waals surface area (Å²) in [6, 6.07) is 2.12. The summed E-state index contributed by atoms with van der Waals surface area (Å²) in [6.07, 6.45) is 5.33. The smallest absolute Gasteiger partial charge is 0.118 e. The van der Waals surface area contributed by atoms with Gasteiger partial charge in [-0.25, -0.2) is 0 Å². The first-order chi connectivity index (χ1) is 8.21. The van der Waals surface area contributed by atoms with Gasteiger partial charge in [-0.3, -0.25) is 4.90 Å². The van der Waals surface area contributed by atoms with Gasteiger partial charge in [0.15, 0.2) is 0 Å². The Morgan fingerprint density at radius 3 is 2.82 bits per heavy atom. The predicted molar refractivity (Wildman–Crippen MR) is 70.6 cm³/mol. The Hall–Kier alpha value is -1.24. The first-order valence-corrected chi connectivity index (χ1v) is 6.15. The molecule has 94 valence electrons. The van der Waals surface area contributed by atoms with Gasteiger partial charge in [0, 0.05) is 12.1 Å². The van der Waals surface area contributed by atoms with E-state index in [1.54, 1.807) is 0 Å². The van der Waals surface area contributed by atoms with Crippen molar-refractivity contribution in [1.29, 1.82) is 0 Å². The molecule has 3 heteroatoms. The molecule has 1 heterocycles. The van der Waals surface area contributed by atoms with Crippen molar-refractivity contribution in [2.75, 3.05) is 19.6 Å². The van der Waals surface area contributed by atoms with Gasteiger partial charge in [-0.2, -0.15) is 0 Å². The first-order valence-electron chi connectivity index (χ1n) is 6.15. The molecule has 1 aromatic rings. The molecule has 1 rings (SSSR count). The van der Waals surface area contributed by atoms with Crippen LogP contribution in [0.4, 0.5) is 0 Å². The van der Waals surface area contributed by atoms with Crippen LogP contribution < -0.4 is 5.32 Å². The van der Waals surface area contributed by atoms with Crippen LogP contribution in [0.5, 0.6) is 0 Å². The minimum Gasteiger partial charge on any atom is -0.465 e. The summed E-state index contributed by atoms with van der Waals surface area (Å²) < 4.78 is 5.74. The van der Waals surface area contributed by atoms with Crippen molar-refractivity contribution in [2.24, 2.45) is 0 Å². The summed E-state index contributed by atoms with van der Waals surface area (Å²) in [4.78, 5) is 2.18. The normalized spacial score (nSPS) is 10.8. The number of nitrogens with one attached hydrogen (secondary N) is 1. The average Bonchev–Trinajstić information content (AvgIpc) is 2.66. The van der Waals surface area contributed by atoms with E-state index in [1.165, 1.54) is 5.56 Å². The van der Waals surface area contributed by atoms with Crippen LogP contribution in [0.25, 0.3) is 0 Å². The van der Waals surface area contributed by atoms with Crippen LogP contribution in [0.2, 0.25) is 0 Å². The maximum absolute atomic E-state index is 5.74. The Bertz CT molecular complexity index is 376. The van der Waals surface area contributed by atoms with Crippen molar-refractivity contribution in [3.63, 3.8) is 0 Å². The van der Waals surface area contributed by atoms with Gasteiger partial charge in [-0.15, -0.1) is 6.42 Å². The van der Waals surface area contributed by atoms with Crippen molar-refractivity contribution >= 4 is 0 Å². The van der Waals surface area contributed by atoms with Gasteiger partial charge < -0.3 is 9.73 Å².